The average Bonchev–Trinajstić information content (AvgIpc) is 3.23. The van der Waals surface area contributed by atoms with Crippen LogP contribution in [0.25, 0.3) is 5.57 Å². The van der Waals surface area contributed by atoms with Gasteiger partial charge in [0.1, 0.15) is 11.6 Å². The lowest BCUT2D eigenvalue weighted by Gasteiger charge is -2.28. The van der Waals surface area contributed by atoms with Gasteiger partial charge in [-0.15, -0.1) is 0 Å². The zero-order chi connectivity index (χ0) is 19.5. The fraction of sp³-hybridized carbons (Fsp3) is 0.0952. The van der Waals surface area contributed by atoms with Crippen LogP contribution in [0.3, 0.4) is 0 Å². The molecule has 0 atom stereocenters. The van der Waals surface area contributed by atoms with Gasteiger partial charge < -0.3 is 10.1 Å². The van der Waals surface area contributed by atoms with Crippen LogP contribution in [0.2, 0.25) is 0 Å². The Balaban J connectivity index is 1.66. The monoisotopic (exact) mass is 373 g/mol. The van der Waals surface area contributed by atoms with Crippen molar-refractivity contribution in [1.82, 2.24) is 10.2 Å². The number of ether oxygens (including phenoxy) is 1. The Morgan fingerprint density at radius 3 is 2.68 bits per heavy atom. The summed E-state index contributed by atoms with van der Waals surface area (Å²) >= 11 is 0. The van der Waals surface area contributed by atoms with E-state index < -0.39 is 0 Å². The van der Waals surface area contributed by atoms with Crippen LogP contribution in [-0.4, -0.2) is 28.9 Å². The van der Waals surface area contributed by atoms with Crippen LogP contribution in [0.15, 0.2) is 72.5 Å². The topological polar surface area (TPSA) is 82.6 Å². The average molecular weight is 373 g/mol. The standard InChI is InChI=1S/C21H19N5O2/c1-14-17-5-3-4-6-18(17)26(13-15-7-9-16(28-2)10-8-15)25-20(14)21(27)23-19-11-12-22-24-19/h3-12H,1,13H2,2H3,(H2,22,23,24,27). The molecule has 0 fully saturated rings. The van der Waals surface area contributed by atoms with E-state index >= 15 is 0 Å². The molecule has 3 aromatic rings. The number of methoxy groups -OCH3 is 1. The molecule has 4 rings (SSSR count). The molecule has 0 spiro atoms. The van der Waals surface area contributed by atoms with E-state index in [1.807, 2.05) is 53.5 Å². The number of H-pyrrole nitrogens is 1. The van der Waals surface area contributed by atoms with Gasteiger partial charge in [0.25, 0.3) is 5.91 Å². The molecule has 2 aromatic carbocycles. The van der Waals surface area contributed by atoms with Crippen molar-refractivity contribution in [3.8, 4) is 5.75 Å². The summed E-state index contributed by atoms with van der Waals surface area (Å²) in [5.74, 6) is 0.948. The van der Waals surface area contributed by atoms with Gasteiger partial charge in [0.2, 0.25) is 0 Å². The molecule has 0 aliphatic carbocycles. The normalized spacial score (nSPS) is 13.0. The van der Waals surface area contributed by atoms with Gasteiger partial charge in [0, 0.05) is 17.2 Å². The number of hydrogen-bond donors (Lipinski definition) is 2. The molecule has 1 aromatic heterocycles. The number of anilines is 2. The number of rotatable bonds is 5. The maximum atomic E-state index is 12.8. The molecule has 7 nitrogen and oxygen atoms in total. The predicted octanol–water partition coefficient (Wildman–Crippen LogP) is 3.45. The number of benzene rings is 2. The Morgan fingerprint density at radius 1 is 1.18 bits per heavy atom. The fourth-order valence-electron chi connectivity index (χ4n) is 3.03. The van der Waals surface area contributed by atoms with E-state index in [1.165, 1.54) is 0 Å². The molecule has 0 saturated carbocycles. The summed E-state index contributed by atoms with van der Waals surface area (Å²) in [7, 11) is 1.64. The summed E-state index contributed by atoms with van der Waals surface area (Å²) < 4.78 is 5.21. The maximum absolute atomic E-state index is 12.8. The summed E-state index contributed by atoms with van der Waals surface area (Å²) in [6, 6.07) is 17.2. The number of para-hydroxylation sites is 1. The summed E-state index contributed by atoms with van der Waals surface area (Å²) in [6.07, 6.45) is 1.57. The molecule has 0 saturated heterocycles. The molecule has 2 heterocycles. The van der Waals surface area contributed by atoms with Crippen molar-refractivity contribution in [2.45, 2.75) is 6.54 Å². The van der Waals surface area contributed by atoms with Crippen LogP contribution in [0.4, 0.5) is 11.5 Å². The van der Waals surface area contributed by atoms with E-state index in [1.54, 1.807) is 19.4 Å². The molecule has 0 bridgehead atoms. The van der Waals surface area contributed by atoms with Gasteiger partial charge in [-0.05, 0) is 23.8 Å². The van der Waals surface area contributed by atoms with Crippen molar-refractivity contribution < 1.29 is 9.53 Å². The highest BCUT2D eigenvalue weighted by Crippen LogP contribution is 2.33. The number of nitrogens with one attached hydrogen (secondary N) is 2. The number of aromatic amines is 1. The third kappa shape index (κ3) is 3.37. The Hall–Kier alpha value is -3.87. The second kappa shape index (κ2) is 7.40. The number of nitrogens with zero attached hydrogens (tertiary/aromatic N) is 3. The number of carbonyl (C=O) groups excluding carboxylic acids is 1. The van der Waals surface area contributed by atoms with Crippen molar-refractivity contribution in [3.05, 3.63) is 78.5 Å². The summed E-state index contributed by atoms with van der Waals surface area (Å²) in [5, 5.41) is 15.7. The van der Waals surface area contributed by atoms with Gasteiger partial charge in [-0.25, -0.2) is 0 Å². The third-order valence-electron chi connectivity index (χ3n) is 4.47. The predicted molar refractivity (Wildman–Crippen MR) is 109 cm³/mol. The minimum Gasteiger partial charge on any atom is -0.497 e. The van der Waals surface area contributed by atoms with Crippen molar-refractivity contribution in [3.63, 3.8) is 0 Å². The zero-order valence-electron chi connectivity index (χ0n) is 15.3. The van der Waals surface area contributed by atoms with Crippen molar-refractivity contribution >= 4 is 28.7 Å². The lowest BCUT2D eigenvalue weighted by molar-refractivity contribution is -0.110. The maximum Gasteiger partial charge on any atom is 0.277 e. The molecule has 1 amide bonds. The number of carbonyl (C=O) groups is 1. The molecular formula is C21H19N5O2. The van der Waals surface area contributed by atoms with E-state index in [4.69, 9.17) is 4.74 Å². The molecular weight excluding hydrogens is 354 g/mol. The quantitative estimate of drug-likeness (QED) is 0.718. The van der Waals surface area contributed by atoms with Crippen LogP contribution < -0.4 is 15.1 Å². The second-order valence-electron chi connectivity index (χ2n) is 6.27. The first-order chi connectivity index (χ1) is 13.7. The highest BCUT2D eigenvalue weighted by atomic mass is 16.5. The van der Waals surface area contributed by atoms with E-state index in [2.05, 4.69) is 27.2 Å². The van der Waals surface area contributed by atoms with Crippen LogP contribution in [0.5, 0.6) is 5.75 Å². The molecule has 28 heavy (non-hydrogen) atoms. The fourth-order valence-corrected chi connectivity index (χ4v) is 3.03. The molecule has 0 radical (unpaired) electrons. The Bertz CT molecular complexity index is 1040. The molecule has 7 heteroatoms. The number of amides is 1. The Kier molecular flexibility index (Phi) is 4.63. The summed E-state index contributed by atoms with van der Waals surface area (Å²) in [5.41, 5.74) is 3.67. The van der Waals surface area contributed by atoms with Gasteiger partial charge in [-0.3, -0.25) is 14.9 Å². The van der Waals surface area contributed by atoms with E-state index in [0.717, 1.165) is 22.6 Å². The molecule has 0 unspecified atom stereocenters. The molecule has 140 valence electrons. The molecule has 1 aliphatic heterocycles. The van der Waals surface area contributed by atoms with Gasteiger partial charge >= 0.3 is 0 Å². The third-order valence-corrected chi connectivity index (χ3v) is 4.47. The van der Waals surface area contributed by atoms with Crippen molar-refractivity contribution in [2.75, 3.05) is 17.4 Å². The SMILES string of the molecule is C=C1C(C(=O)Nc2ccn[nH]2)=NN(Cc2ccc(OC)cc2)c2ccccc21. The van der Waals surface area contributed by atoms with E-state index in [0.29, 0.717) is 17.9 Å². The van der Waals surface area contributed by atoms with Crippen molar-refractivity contribution in [1.29, 1.82) is 0 Å². The van der Waals surface area contributed by atoms with Crippen molar-refractivity contribution in [2.24, 2.45) is 5.10 Å². The largest absolute Gasteiger partial charge is 0.497 e. The smallest absolute Gasteiger partial charge is 0.277 e. The first kappa shape index (κ1) is 17.5. The van der Waals surface area contributed by atoms with Crippen LogP contribution in [0, 0.1) is 0 Å². The van der Waals surface area contributed by atoms with E-state index in [9.17, 15) is 4.79 Å². The van der Waals surface area contributed by atoms with Crippen LogP contribution >= 0.6 is 0 Å². The second-order valence-corrected chi connectivity index (χ2v) is 6.27. The minimum absolute atomic E-state index is 0.266. The number of fused-ring (bicyclic) bond motifs is 1. The van der Waals surface area contributed by atoms with Gasteiger partial charge in [-0.1, -0.05) is 36.9 Å². The van der Waals surface area contributed by atoms with Gasteiger partial charge in [0.05, 0.1) is 25.5 Å². The minimum atomic E-state index is -0.344. The summed E-state index contributed by atoms with van der Waals surface area (Å²) in [6.45, 7) is 4.60. The lowest BCUT2D eigenvalue weighted by Crippen LogP contribution is -2.32. The number of aromatic nitrogens is 2. The Morgan fingerprint density at radius 2 is 1.96 bits per heavy atom. The zero-order valence-corrected chi connectivity index (χ0v) is 15.3. The number of hydrazone groups is 1. The van der Waals surface area contributed by atoms with Crippen LogP contribution in [0.1, 0.15) is 11.1 Å². The van der Waals surface area contributed by atoms with Crippen LogP contribution in [-0.2, 0) is 11.3 Å². The molecule has 1 aliphatic rings. The summed E-state index contributed by atoms with van der Waals surface area (Å²) in [4.78, 5) is 12.8. The highest BCUT2D eigenvalue weighted by Gasteiger charge is 2.27. The Labute approximate surface area is 162 Å². The lowest BCUT2D eigenvalue weighted by atomic mass is 9.98. The van der Waals surface area contributed by atoms with E-state index in [-0.39, 0.29) is 11.6 Å². The molecule has 2 N–H and O–H groups in total. The van der Waals surface area contributed by atoms with Gasteiger partial charge in [-0.2, -0.15) is 10.2 Å². The first-order valence-electron chi connectivity index (χ1n) is 8.74. The van der Waals surface area contributed by atoms with Gasteiger partial charge in [0.15, 0.2) is 5.71 Å². The highest BCUT2D eigenvalue weighted by molar-refractivity contribution is 6.58. The first-order valence-corrected chi connectivity index (χ1v) is 8.74. The number of hydrogen-bond acceptors (Lipinski definition) is 5.